The molecule has 2 aliphatic carbocycles. The van der Waals surface area contributed by atoms with Crippen molar-refractivity contribution in [1.82, 2.24) is 0 Å². The van der Waals surface area contributed by atoms with Crippen LogP contribution < -0.4 is 9.80 Å². The third-order valence-corrected chi connectivity index (χ3v) is 18.3. The molecule has 0 spiro atoms. The summed E-state index contributed by atoms with van der Waals surface area (Å²) in [7, 11) is 0. The molecule has 0 aliphatic heterocycles. The lowest BCUT2D eigenvalue weighted by Crippen LogP contribution is -2.15. The van der Waals surface area contributed by atoms with E-state index in [4.69, 9.17) is 0 Å². The standard InChI is InChI=1S/C80H72N2/c1-49-13-29-63(30-14-49)81(64-31-15-50(2)16-32-64)77-43-53(5)71(41-55(77)7)61-27-39-69-67-37-25-59(45-73(67)79(9,10)75(69)47-61)57-21-23-58(24-22-57)60-26-38-68-70-40-28-62(48-76(70)80(11,12)74(68)46-60)72-42-56(8)78(44-54(72)6)82(65-33-17-51(3)18-34-65)66-35-19-52(4)20-36-66/h13-48H,1-12H3. The Hall–Kier alpha value is -8.98. The summed E-state index contributed by atoms with van der Waals surface area (Å²) in [4.78, 5) is 4.80. The minimum Gasteiger partial charge on any atom is -0.310 e. The molecular weight excluding hydrogens is 989 g/mol. The van der Waals surface area contributed by atoms with Gasteiger partial charge in [-0.25, -0.2) is 0 Å². The van der Waals surface area contributed by atoms with E-state index in [1.165, 1.54) is 145 Å². The normalized spacial score (nSPS) is 13.3. The SMILES string of the molecule is Cc1ccc(N(c2ccc(C)cc2)c2cc(C)c(-c3ccc4c(c3)C(C)(C)c3cc(-c5ccc(-c6ccc7c(c6)C(C)(C)c6cc(-c8cc(C)c(N(c9ccc(C)cc9)c9ccc(C)cc9)cc8C)ccc6-7)cc5)ccc3-4)cc2C)cc1. The van der Waals surface area contributed by atoms with Gasteiger partial charge in [-0.1, -0.05) is 171 Å². The molecule has 0 amide bonds. The van der Waals surface area contributed by atoms with Crippen molar-refractivity contribution in [3.05, 3.63) is 285 Å². The number of aryl methyl sites for hydroxylation is 8. The van der Waals surface area contributed by atoms with Crippen molar-refractivity contribution >= 4 is 34.1 Å². The number of nitrogens with zero attached hydrogens (tertiary/aromatic N) is 2. The summed E-state index contributed by atoms with van der Waals surface area (Å²) < 4.78 is 0. The predicted octanol–water partition coefficient (Wildman–Crippen LogP) is 22.4. The van der Waals surface area contributed by atoms with Crippen LogP contribution in [0.4, 0.5) is 34.1 Å². The lowest BCUT2D eigenvalue weighted by atomic mass is 9.80. The molecule has 11 aromatic rings. The molecule has 0 N–H and O–H groups in total. The topological polar surface area (TPSA) is 6.48 Å². The van der Waals surface area contributed by atoms with E-state index in [1.54, 1.807) is 0 Å². The van der Waals surface area contributed by atoms with E-state index in [2.05, 4.69) is 311 Å². The summed E-state index contributed by atoms with van der Waals surface area (Å²) in [5.41, 5.74) is 37.6. The van der Waals surface area contributed by atoms with Crippen LogP contribution in [0.15, 0.2) is 218 Å². The van der Waals surface area contributed by atoms with Gasteiger partial charge in [0.05, 0.1) is 0 Å². The number of fused-ring (bicyclic) bond motifs is 6. The molecule has 0 saturated carbocycles. The smallest absolute Gasteiger partial charge is 0.0493 e. The number of hydrogen-bond acceptors (Lipinski definition) is 2. The number of benzene rings is 11. The molecule has 402 valence electrons. The molecule has 2 nitrogen and oxygen atoms in total. The van der Waals surface area contributed by atoms with Crippen LogP contribution in [-0.2, 0) is 10.8 Å². The zero-order chi connectivity index (χ0) is 56.9. The lowest BCUT2D eigenvalue weighted by Gasteiger charge is -2.28. The molecule has 11 aromatic carbocycles. The maximum atomic E-state index is 2.46. The quantitative estimate of drug-likeness (QED) is 0.135. The van der Waals surface area contributed by atoms with Crippen molar-refractivity contribution in [2.75, 3.05) is 9.80 Å². The van der Waals surface area contributed by atoms with Gasteiger partial charge in [0.2, 0.25) is 0 Å². The van der Waals surface area contributed by atoms with Gasteiger partial charge in [0.1, 0.15) is 0 Å². The maximum Gasteiger partial charge on any atom is 0.0493 e. The summed E-state index contributed by atoms with van der Waals surface area (Å²) in [5.74, 6) is 0. The number of rotatable bonds is 10. The Morgan fingerprint density at radius 3 is 0.744 bits per heavy atom. The molecule has 82 heavy (non-hydrogen) atoms. The van der Waals surface area contributed by atoms with Gasteiger partial charge in [-0.15, -0.1) is 0 Å². The molecule has 0 radical (unpaired) electrons. The fraction of sp³-hybridized carbons (Fsp3) is 0.175. The maximum absolute atomic E-state index is 2.46. The molecule has 13 rings (SSSR count). The van der Waals surface area contributed by atoms with Crippen LogP contribution in [0.25, 0.3) is 66.8 Å². The first-order chi connectivity index (χ1) is 39.4. The van der Waals surface area contributed by atoms with E-state index in [-0.39, 0.29) is 10.8 Å². The third-order valence-electron chi connectivity index (χ3n) is 18.3. The van der Waals surface area contributed by atoms with Crippen LogP contribution in [0.3, 0.4) is 0 Å². The van der Waals surface area contributed by atoms with E-state index < -0.39 is 0 Å². The first-order valence-corrected chi connectivity index (χ1v) is 29.2. The Kier molecular flexibility index (Phi) is 12.7. The van der Waals surface area contributed by atoms with Gasteiger partial charge in [-0.05, 0) is 264 Å². The fourth-order valence-electron chi connectivity index (χ4n) is 13.4. The molecule has 0 bridgehead atoms. The highest BCUT2D eigenvalue weighted by Gasteiger charge is 2.38. The predicted molar refractivity (Wildman–Crippen MR) is 351 cm³/mol. The van der Waals surface area contributed by atoms with E-state index >= 15 is 0 Å². The van der Waals surface area contributed by atoms with Crippen LogP contribution in [0.1, 0.15) is 94.5 Å². The average molecular weight is 1060 g/mol. The average Bonchev–Trinajstić information content (AvgIpc) is 3.34. The molecule has 0 unspecified atom stereocenters. The Labute approximate surface area is 487 Å². The zero-order valence-corrected chi connectivity index (χ0v) is 49.7. The third kappa shape index (κ3) is 8.97. The highest BCUT2D eigenvalue weighted by atomic mass is 15.1. The summed E-state index contributed by atoms with van der Waals surface area (Å²) in [6.07, 6.45) is 0. The van der Waals surface area contributed by atoms with Gasteiger partial charge in [0.25, 0.3) is 0 Å². The van der Waals surface area contributed by atoms with E-state index in [0.717, 1.165) is 22.7 Å². The van der Waals surface area contributed by atoms with Gasteiger partial charge in [-0.2, -0.15) is 0 Å². The summed E-state index contributed by atoms with van der Waals surface area (Å²) in [5, 5.41) is 0. The second-order valence-electron chi connectivity index (χ2n) is 24.8. The van der Waals surface area contributed by atoms with Gasteiger partial charge < -0.3 is 9.80 Å². The van der Waals surface area contributed by atoms with Crippen molar-refractivity contribution in [2.45, 2.75) is 93.9 Å². The minimum absolute atomic E-state index is 0.170. The highest BCUT2D eigenvalue weighted by Crippen LogP contribution is 2.53. The molecule has 0 aromatic heterocycles. The van der Waals surface area contributed by atoms with E-state index in [0.29, 0.717) is 0 Å². The van der Waals surface area contributed by atoms with Crippen molar-refractivity contribution in [3.63, 3.8) is 0 Å². The van der Waals surface area contributed by atoms with Crippen molar-refractivity contribution in [3.8, 4) is 66.8 Å². The van der Waals surface area contributed by atoms with Crippen LogP contribution in [0, 0.1) is 55.4 Å². The Morgan fingerprint density at radius 2 is 0.463 bits per heavy atom. The molecule has 0 saturated heterocycles. The second-order valence-corrected chi connectivity index (χ2v) is 24.8. The largest absolute Gasteiger partial charge is 0.310 e. The van der Waals surface area contributed by atoms with E-state index in [9.17, 15) is 0 Å². The van der Waals surface area contributed by atoms with Gasteiger partial charge >= 0.3 is 0 Å². The first kappa shape index (κ1) is 52.4. The number of hydrogen-bond donors (Lipinski definition) is 0. The Balaban J connectivity index is 0.750. The van der Waals surface area contributed by atoms with Crippen molar-refractivity contribution < 1.29 is 0 Å². The highest BCUT2D eigenvalue weighted by molar-refractivity contribution is 5.90. The van der Waals surface area contributed by atoms with Gasteiger partial charge in [0.15, 0.2) is 0 Å². The Morgan fingerprint density at radius 1 is 0.220 bits per heavy atom. The Bertz CT molecular complexity index is 3930. The molecule has 0 heterocycles. The van der Waals surface area contributed by atoms with Crippen LogP contribution in [-0.4, -0.2) is 0 Å². The lowest BCUT2D eigenvalue weighted by molar-refractivity contribution is 0.660. The van der Waals surface area contributed by atoms with Crippen molar-refractivity contribution in [1.29, 1.82) is 0 Å². The van der Waals surface area contributed by atoms with Gasteiger partial charge in [0, 0.05) is 45.0 Å². The minimum atomic E-state index is -0.170. The van der Waals surface area contributed by atoms with Crippen molar-refractivity contribution in [2.24, 2.45) is 0 Å². The van der Waals surface area contributed by atoms with E-state index in [1.807, 2.05) is 0 Å². The molecule has 0 atom stereocenters. The molecule has 2 heteroatoms. The van der Waals surface area contributed by atoms with Crippen LogP contribution in [0.2, 0.25) is 0 Å². The second kappa shape index (κ2) is 19.9. The summed E-state index contributed by atoms with van der Waals surface area (Å²) in [6.45, 7) is 27.2. The summed E-state index contributed by atoms with van der Waals surface area (Å²) in [6, 6.07) is 82.9. The van der Waals surface area contributed by atoms with Crippen LogP contribution >= 0.6 is 0 Å². The van der Waals surface area contributed by atoms with Crippen LogP contribution in [0.5, 0.6) is 0 Å². The molecule has 2 aliphatic rings. The molecule has 0 fully saturated rings. The monoisotopic (exact) mass is 1060 g/mol. The van der Waals surface area contributed by atoms with Gasteiger partial charge in [-0.3, -0.25) is 0 Å². The first-order valence-electron chi connectivity index (χ1n) is 29.2. The fourth-order valence-corrected chi connectivity index (χ4v) is 13.4. The summed E-state index contributed by atoms with van der Waals surface area (Å²) >= 11 is 0. The zero-order valence-electron chi connectivity index (χ0n) is 49.7. The molecular formula is C80H72N2. The number of anilines is 6.